The molecule has 0 N–H and O–H groups in total. The van der Waals surface area contributed by atoms with E-state index >= 15 is 0 Å². The first kappa shape index (κ1) is 22.9. The molecular formula is C22H40O2. The summed E-state index contributed by atoms with van der Waals surface area (Å²) in [5, 5.41) is 0. The van der Waals surface area contributed by atoms with Crippen molar-refractivity contribution in [2.45, 2.75) is 104 Å². The predicted octanol–water partition coefficient (Wildman–Crippen LogP) is 7.14. The van der Waals surface area contributed by atoms with Crippen molar-refractivity contribution in [2.75, 3.05) is 6.61 Å². The molecule has 0 aromatic carbocycles. The fourth-order valence-corrected chi connectivity index (χ4v) is 2.75. The number of unbranched alkanes of at least 4 members (excludes halogenated alkanes) is 12. The number of hydrogen-bond acceptors (Lipinski definition) is 2. The molecule has 0 aliphatic carbocycles. The molecule has 0 spiro atoms. The van der Waals surface area contributed by atoms with Gasteiger partial charge in [-0.1, -0.05) is 102 Å². The largest absolute Gasteiger partial charge is 0.461 e. The van der Waals surface area contributed by atoms with Crippen molar-refractivity contribution < 1.29 is 9.53 Å². The van der Waals surface area contributed by atoms with Crippen LogP contribution >= 0.6 is 0 Å². The van der Waals surface area contributed by atoms with Crippen molar-refractivity contribution in [2.24, 2.45) is 0 Å². The molecule has 0 saturated carbocycles. The summed E-state index contributed by atoms with van der Waals surface area (Å²) in [5.41, 5.74) is 0. The van der Waals surface area contributed by atoms with Crippen molar-refractivity contribution >= 4 is 5.97 Å². The third-order valence-electron chi connectivity index (χ3n) is 4.26. The standard InChI is InChI=1S/C22H40O2/c1-3-5-7-9-10-11-12-13-14-15-16-17-18-20-22(23)24-21-19-8-6-4-2/h4,6,8,19H,3,5,7,9-18,20-21H2,1-2H3/b6-4+,19-8+. The van der Waals surface area contributed by atoms with Gasteiger partial charge in [-0.2, -0.15) is 0 Å². The molecule has 0 heterocycles. The van der Waals surface area contributed by atoms with E-state index in [0.29, 0.717) is 13.0 Å². The molecule has 2 heteroatoms. The lowest BCUT2D eigenvalue weighted by atomic mass is 10.0. The van der Waals surface area contributed by atoms with E-state index in [1.165, 1.54) is 70.6 Å². The van der Waals surface area contributed by atoms with Crippen molar-refractivity contribution in [3.8, 4) is 0 Å². The van der Waals surface area contributed by atoms with Crippen LogP contribution in [0.5, 0.6) is 0 Å². The van der Waals surface area contributed by atoms with Gasteiger partial charge in [0.25, 0.3) is 0 Å². The summed E-state index contributed by atoms with van der Waals surface area (Å²) >= 11 is 0. The molecule has 140 valence electrons. The number of ether oxygens (including phenoxy) is 1. The second kappa shape index (κ2) is 20.0. The van der Waals surface area contributed by atoms with Crippen LogP contribution in [-0.2, 0) is 9.53 Å². The molecule has 0 saturated heterocycles. The van der Waals surface area contributed by atoms with Crippen LogP contribution in [0.1, 0.15) is 104 Å². The summed E-state index contributed by atoms with van der Waals surface area (Å²) in [6.07, 6.45) is 25.5. The Balaban J connectivity index is 3.17. The molecule has 0 radical (unpaired) electrons. The second-order valence-electron chi connectivity index (χ2n) is 6.63. The van der Waals surface area contributed by atoms with E-state index in [1.54, 1.807) is 0 Å². The maximum absolute atomic E-state index is 11.5. The summed E-state index contributed by atoms with van der Waals surface area (Å²) in [4.78, 5) is 11.5. The molecule has 0 amide bonds. The van der Waals surface area contributed by atoms with Crippen LogP contribution in [0.25, 0.3) is 0 Å². The Hall–Kier alpha value is -1.05. The number of hydrogen-bond donors (Lipinski definition) is 0. The van der Waals surface area contributed by atoms with Gasteiger partial charge in [0.15, 0.2) is 0 Å². The lowest BCUT2D eigenvalue weighted by molar-refractivity contribution is -0.142. The van der Waals surface area contributed by atoms with Crippen molar-refractivity contribution in [1.82, 2.24) is 0 Å². The van der Waals surface area contributed by atoms with Crippen LogP contribution in [0.4, 0.5) is 0 Å². The molecule has 0 aromatic rings. The predicted molar refractivity (Wildman–Crippen MR) is 105 cm³/mol. The number of esters is 1. The highest BCUT2D eigenvalue weighted by molar-refractivity contribution is 5.69. The van der Waals surface area contributed by atoms with Gasteiger partial charge in [-0.25, -0.2) is 0 Å². The molecule has 0 unspecified atom stereocenters. The highest BCUT2D eigenvalue weighted by atomic mass is 16.5. The number of carbonyl (C=O) groups excluding carboxylic acids is 1. The smallest absolute Gasteiger partial charge is 0.306 e. The third kappa shape index (κ3) is 19.0. The van der Waals surface area contributed by atoms with Crippen molar-refractivity contribution in [1.29, 1.82) is 0 Å². The number of carbonyl (C=O) groups is 1. The summed E-state index contributed by atoms with van der Waals surface area (Å²) < 4.78 is 5.14. The quantitative estimate of drug-likeness (QED) is 0.160. The first-order chi connectivity index (χ1) is 11.8. The minimum absolute atomic E-state index is 0.0665. The van der Waals surface area contributed by atoms with Gasteiger partial charge in [0, 0.05) is 6.42 Å². The van der Waals surface area contributed by atoms with E-state index < -0.39 is 0 Å². The molecule has 0 aliphatic rings. The lowest BCUT2D eigenvalue weighted by Gasteiger charge is -2.03. The van der Waals surface area contributed by atoms with E-state index in [-0.39, 0.29) is 5.97 Å². The van der Waals surface area contributed by atoms with Crippen LogP contribution in [-0.4, -0.2) is 12.6 Å². The summed E-state index contributed by atoms with van der Waals surface area (Å²) in [7, 11) is 0. The normalized spacial score (nSPS) is 11.6. The van der Waals surface area contributed by atoms with E-state index in [0.717, 1.165) is 12.8 Å². The Morgan fingerprint density at radius 2 is 1.25 bits per heavy atom. The average molecular weight is 337 g/mol. The van der Waals surface area contributed by atoms with Gasteiger partial charge in [0.2, 0.25) is 0 Å². The Labute approximate surface area is 150 Å². The zero-order chi connectivity index (χ0) is 17.7. The maximum Gasteiger partial charge on any atom is 0.306 e. The maximum atomic E-state index is 11.5. The minimum Gasteiger partial charge on any atom is -0.461 e. The van der Waals surface area contributed by atoms with Crippen LogP contribution in [0.15, 0.2) is 24.3 Å². The van der Waals surface area contributed by atoms with Crippen molar-refractivity contribution in [3.05, 3.63) is 24.3 Å². The van der Waals surface area contributed by atoms with E-state index in [4.69, 9.17) is 4.74 Å². The first-order valence-corrected chi connectivity index (χ1v) is 10.2. The van der Waals surface area contributed by atoms with Gasteiger partial charge in [-0.3, -0.25) is 4.79 Å². The monoisotopic (exact) mass is 336 g/mol. The van der Waals surface area contributed by atoms with E-state index in [9.17, 15) is 4.79 Å². The molecular weight excluding hydrogens is 296 g/mol. The Morgan fingerprint density at radius 3 is 1.75 bits per heavy atom. The van der Waals surface area contributed by atoms with Gasteiger partial charge in [0.1, 0.15) is 6.61 Å². The highest BCUT2D eigenvalue weighted by Crippen LogP contribution is 2.13. The van der Waals surface area contributed by atoms with Crippen LogP contribution < -0.4 is 0 Å². The van der Waals surface area contributed by atoms with Gasteiger partial charge >= 0.3 is 5.97 Å². The first-order valence-electron chi connectivity index (χ1n) is 10.2. The van der Waals surface area contributed by atoms with Crippen LogP contribution in [0, 0.1) is 0 Å². The van der Waals surface area contributed by atoms with Crippen molar-refractivity contribution in [3.63, 3.8) is 0 Å². The Morgan fingerprint density at radius 1 is 0.750 bits per heavy atom. The Kier molecular flexibility index (Phi) is 19.1. The zero-order valence-corrected chi connectivity index (χ0v) is 16.2. The van der Waals surface area contributed by atoms with Gasteiger partial charge in [-0.15, -0.1) is 0 Å². The summed E-state index contributed by atoms with van der Waals surface area (Å²) in [6.45, 7) is 4.62. The summed E-state index contributed by atoms with van der Waals surface area (Å²) in [5.74, 6) is -0.0665. The van der Waals surface area contributed by atoms with Crippen LogP contribution in [0.2, 0.25) is 0 Å². The van der Waals surface area contributed by atoms with Gasteiger partial charge in [0.05, 0.1) is 0 Å². The van der Waals surface area contributed by atoms with Crippen LogP contribution in [0.3, 0.4) is 0 Å². The summed E-state index contributed by atoms with van der Waals surface area (Å²) in [6, 6.07) is 0. The molecule has 0 atom stereocenters. The van der Waals surface area contributed by atoms with Gasteiger partial charge in [-0.05, 0) is 19.4 Å². The van der Waals surface area contributed by atoms with Gasteiger partial charge < -0.3 is 4.74 Å². The number of rotatable bonds is 17. The molecule has 0 rings (SSSR count). The highest BCUT2D eigenvalue weighted by Gasteiger charge is 2.01. The molecule has 0 fully saturated rings. The third-order valence-corrected chi connectivity index (χ3v) is 4.26. The molecule has 0 aliphatic heterocycles. The van der Waals surface area contributed by atoms with E-state index in [2.05, 4.69) is 6.92 Å². The van der Waals surface area contributed by atoms with E-state index in [1.807, 2.05) is 31.2 Å². The topological polar surface area (TPSA) is 26.3 Å². The Bertz CT molecular complexity index is 318. The number of allylic oxidation sites excluding steroid dienone is 3. The second-order valence-corrected chi connectivity index (χ2v) is 6.63. The fourth-order valence-electron chi connectivity index (χ4n) is 2.75. The zero-order valence-electron chi connectivity index (χ0n) is 16.2. The molecule has 24 heavy (non-hydrogen) atoms. The lowest BCUT2D eigenvalue weighted by Crippen LogP contribution is -2.03. The minimum atomic E-state index is -0.0665. The molecule has 0 bridgehead atoms. The average Bonchev–Trinajstić information content (AvgIpc) is 2.59. The molecule has 2 nitrogen and oxygen atoms in total. The SMILES string of the molecule is C/C=C/C=C/COC(=O)CCCCCCCCCCCCCCC. The fraction of sp³-hybridized carbons (Fsp3) is 0.773. The molecule has 0 aromatic heterocycles.